The second-order valence-corrected chi connectivity index (χ2v) is 10.6. The summed E-state index contributed by atoms with van der Waals surface area (Å²) in [6.45, 7) is 4.20. The van der Waals surface area contributed by atoms with E-state index < -0.39 is 0 Å². The van der Waals surface area contributed by atoms with Gasteiger partial charge in [-0.1, -0.05) is 49.0 Å². The fraction of sp³-hybridized carbons (Fsp3) is 0.217. The van der Waals surface area contributed by atoms with Crippen LogP contribution in [0.1, 0.15) is 35.0 Å². The van der Waals surface area contributed by atoms with Crippen LogP contribution in [-0.2, 0) is 12.2 Å². The van der Waals surface area contributed by atoms with Crippen molar-refractivity contribution >= 4 is 44.7 Å². The number of benzene rings is 1. The van der Waals surface area contributed by atoms with Gasteiger partial charge < -0.3 is 9.40 Å². The van der Waals surface area contributed by atoms with Crippen molar-refractivity contribution in [2.24, 2.45) is 0 Å². The number of aromatic amines is 1. The van der Waals surface area contributed by atoms with Crippen LogP contribution in [0.3, 0.4) is 0 Å². The molecule has 1 unspecified atom stereocenters. The molecule has 0 spiro atoms. The molecule has 4 heterocycles. The minimum Gasteiger partial charge on any atom is -0.416 e. The molecule has 6 nitrogen and oxygen atoms in total. The monoisotopic (exact) mass is 480 g/mol. The molecule has 0 aliphatic rings. The van der Waals surface area contributed by atoms with Crippen LogP contribution in [0.4, 0.5) is 0 Å². The van der Waals surface area contributed by atoms with Crippen LogP contribution in [0.5, 0.6) is 0 Å². The molecule has 0 radical (unpaired) electrons. The van der Waals surface area contributed by atoms with Gasteiger partial charge in [0.15, 0.2) is 0 Å². The lowest BCUT2D eigenvalue weighted by Gasteiger charge is -2.08. The lowest BCUT2D eigenvalue weighted by Crippen LogP contribution is -2.10. The summed E-state index contributed by atoms with van der Waals surface area (Å²) in [5.74, 6) is 1.94. The van der Waals surface area contributed by atoms with E-state index in [1.807, 2.05) is 23.6 Å². The SMILES string of the molecule is Cc1ccc(-c2csc3nc(CSc4nnc(CC(C)c5ccccc5)o4)[nH]c(=O)c23)s1. The third-order valence-electron chi connectivity index (χ3n) is 5.13. The van der Waals surface area contributed by atoms with Crippen molar-refractivity contribution in [1.29, 1.82) is 0 Å². The van der Waals surface area contributed by atoms with Crippen LogP contribution in [0.15, 0.2) is 62.3 Å². The third-order valence-corrected chi connectivity index (χ3v) is 7.86. The number of nitrogens with zero attached hydrogens (tertiary/aromatic N) is 3. The van der Waals surface area contributed by atoms with E-state index in [4.69, 9.17) is 4.42 Å². The first-order chi connectivity index (χ1) is 15.6. The molecule has 0 bridgehead atoms. The van der Waals surface area contributed by atoms with Crippen molar-refractivity contribution in [1.82, 2.24) is 20.2 Å². The number of nitrogens with one attached hydrogen (secondary N) is 1. The molecule has 32 heavy (non-hydrogen) atoms. The molecule has 9 heteroatoms. The number of hydrogen-bond acceptors (Lipinski definition) is 8. The van der Waals surface area contributed by atoms with E-state index in [1.165, 1.54) is 33.5 Å². The van der Waals surface area contributed by atoms with Crippen molar-refractivity contribution in [2.45, 2.75) is 37.2 Å². The lowest BCUT2D eigenvalue weighted by molar-refractivity contribution is 0.404. The molecule has 0 saturated heterocycles. The maximum atomic E-state index is 12.8. The Hall–Kier alpha value is -2.75. The average Bonchev–Trinajstić information content (AvgIpc) is 3.53. The van der Waals surface area contributed by atoms with E-state index in [1.54, 1.807) is 11.3 Å². The molecular weight excluding hydrogens is 460 g/mol. The topological polar surface area (TPSA) is 84.7 Å². The first-order valence-corrected chi connectivity index (χ1v) is 12.8. The fourth-order valence-corrected chi connectivity index (χ4v) is 6.07. The van der Waals surface area contributed by atoms with Gasteiger partial charge in [0.25, 0.3) is 10.8 Å². The Bertz CT molecular complexity index is 1420. The predicted octanol–water partition coefficient (Wildman–Crippen LogP) is 6.04. The van der Waals surface area contributed by atoms with E-state index in [0.717, 1.165) is 15.3 Å². The van der Waals surface area contributed by atoms with E-state index >= 15 is 0 Å². The average molecular weight is 481 g/mol. The molecule has 0 fully saturated rings. The Morgan fingerprint density at radius 1 is 1.16 bits per heavy atom. The number of fused-ring (bicyclic) bond motifs is 1. The van der Waals surface area contributed by atoms with Gasteiger partial charge in [-0.2, -0.15) is 0 Å². The number of aromatic nitrogens is 4. The van der Waals surface area contributed by atoms with Crippen molar-refractivity contribution in [3.05, 3.63) is 80.4 Å². The van der Waals surface area contributed by atoms with Gasteiger partial charge in [-0.25, -0.2) is 4.98 Å². The van der Waals surface area contributed by atoms with E-state index in [2.05, 4.69) is 58.3 Å². The molecule has 0 saturated carbocycles. The van der Waals surface area contributed by atoms with Gasteiger partial charge in [0.05, 0.1) is 11.1 Å². The van der Waals surface area contributed by atoms with Gasteiger partial charge in [-0.15, -0.1) is 32.9 Å². The molecule has 1 N–H and O–H groups in total. The molecule has 5 rings (SSSR count). The Kier molecular flexibility index (Phi) is 5.95. The first kappa shape index (κ1) is 21.1. The van der Waals surface area contributed by atoms with E-state index in [0.29, 0.717) is 34.5 Å². The van der Waals surface area contributed by atoms with Crippen molar-refractivity contribution in [2.75, 3.05) is 0 Å². The van der Waals surface area contributed by atoms with Crippen molar-refractivity contribution in [3.8, 4) is 10.4 Å². The Labute approximate surface area is 196 Å². The Balaban J connectivity index is 1.28. The van der Waals surface area contributed by atoms with E-state index in [-0.39, 0.29) is 11.5 Å². The minimum absolute atomic E-state index is 0.115. The van der Waals surface area contributed by atoms with Gasteiger partial charge in [-0.05, 0) is 30.5 Å². The summed E-state index contributed by atoms with van der Waals surface area (Å²) in [7, 11) is 0. The minimum atomic E-state index is -0.115. The number of thiophene rings is 2. The van der Waals surface area contributed by atoms with Crippen molar-refractivity contribution < 1.29 is 4.42 Å². The lowest BCUT2D eigenvalue weighted by atomic mass is 9.98. The summed E-state index contributed by atoms with van der Waals surface area (Å²) < 4.78 is 5.80. The number of aryl methyl sites for hydroxylation is 1. The highest BCUT2D eigenvalue weighted by molar-refractivity contribution is 7.98. The number of H-pyrrole nitrogens is 1. The molecule has 1 atom stereocenters. The zero-order valence-electron chi connectivity index (χ0n) is 17.5. The first-order valence-electron chi connectivity index (χ1n) is 10.1. The molecule has 1 aromatic carbocycles. The standard InChI is InChI=1S/C23H20N4O2S3/c1-13(15-6-4-3-5-7-15)10-19-26-27-23(29-19)31-12-18-24-21(28)20-16(11-30-22(20)25-18)17-9-8-14(2)32-17/h3-9,11,13H,10,12H2,1-2H3,(H,24,25,28). The molecule has 162 valence electrons. The molecule has 0 aliphatic heterocycles. The maximum Gasteiger partial charge on any atom is 0.277 e. The summed E-state index contributed by atoms with van der Waals surface area (Å²) in [6, 6.07) is 14.4. The highest BCUT2D eigenvalue weighted by Crippen LogP contribution is 2.35. The number of hydrogen-bond donors (Lipinski definition) is 1. The highest BCUT2D eigenvalue weighted by atomic mass is 32.2. The van der Waals surface area contributed by atoms with Gasteiger partial charge in [-0.3, -0.25) is 4.79 Å². The zero-order chi connectivity index (χ0) is 22.1. The highest BCUT2D eigenvalue weighted by Gasteiger charge is 2.16. The summed E-state index contributed by atoms with van der Waals surface area (Å²) in [5, 5.41) is 11.4. The normalized spacial score (nSPS) is 12.4. The zero-order valence-corrected chi connectivity index (χ0v) is 19.9. The van der Waals surface area contributed by atoms with Crippen LogP contribution in [-0.4, -0.2) is 20.2 Å². The van der Waals surface area contributed by atoms with Crippen LogP contribution in [0, 0.1) is 6.92 Å². The predicted molar refractivity (Wildman–Crippen MR) is 131 cm³/mol. The molecule has 4 aromatic heterocycles. The van der Waals surface area contributed by atoms with Gasteiger partial charge in [0.2, 0.25) is 5.89 Å². The van der Waals surface area contributed by atoms with Crippen LogP contribution < -0.4 is 5.56 Å². The molecular formula is C23H20N4O2S3. The van der Waals surface area contributed by atoms with Gasteiger partial charge >= 0.3 is 0 Å². The number of rotatable bonds is 7. The molecule has 5 aromatic rings. The molecule has 0 aliphatic carbocycles. The smallest absolute Gasteiger partial charge is 0.277 e. The summed E-state index contributed by atoms with van der Waals surface area (Å²) >= 11 is 4.55. The fourth-order valence-electron chi connectivity index (χ4n) is 3.49. The molecule has 0 amide bonds. The van der Waals surface area contributed by atoms with Crippen LogP contribution in [0.2, 0.25) is 0 Å². The third kappa shape index (κ3) is 4.41. The Morgan fingerprint density at radius 2 is 2.00 bits per heavy atom. The second-order valence-electron chi connectivity index (χ2n) is 7.52. The summed E-state index contributed by atoms with van der Waals surface area (Å²) in [6.07, 6.45) is 0.679. The van der Waals surface area contributed by atoms with Crippen molar-refractivity contribution in [3.63, 3.8) is 0 Å². The maximum absolute atomic E-state index is 12.8. The van der Waals surface area contributed by atoms with E-state index in [9.17, 15) is 4.79 Å². The quantitative estimate of drug-likeness (QED) is 0.286. The van der Waals surface area contributed by atoms with Gasteiger partial charge in [0.1, 0.15) is 10.7 Å². The number of thioether (sulfide) groups is 1. The van der Waals surface area contributed by atoms with Crippen LogP contribution in [0.25, 0.3) is 20.7 Å². The summed E-state index contributed by atoms with van der Waals surface area (Å²) in [4.78, 5) is 23.4. The van der Waals surface area contributed by atoms with Crippen LogP contribution >= 0.6 is 34.4 Å². The van der Waals surface area contributed by atoms with Gasteiger partial charge in [0, 0.05) is 27.1 Å². The largest absolute Gasteiger partial charge is 0.416 e. The second kappa shape index (κ2) is 9.01. The summed E-state index contributed by atoms with van der Waals surface area (Å²) in [5.41, 5.74) is 2.07. The Morgan fingerprint density at radius 3 is 2.78 bits per heavy atom.